The molecule has 0 amide bonds. The third-order valence-electron chi connectivity index (χ3n) is 6.91. The lowest BCUT2D eigenvalue weighted by Crippen LogP contribution is -2.42. The van der Waals surface area contributed by atoms with Gasteiger partial charge in [0, 0.05) is 43.7 Å². The first-order valence-corrected chi connectivity index (χ1v) is 14.9. The van der Waals surface area contributed by atoms with Crippen LogP contribution in [0.5, 0.6) is 5.75 Å². The van der Waals surface area contributed by atoms with Gasteiger partial charge in [-0.2, -0.15) is 13.2 Å². The Morgan fingerprint density at radius 1 is 1.18 bits per heavy atom. The van der Waals surface area contributed by atoms with Crippen LogP contribution in [0.4, 0.5) is 24.5 Å². The van der Waals surface area contributed by atoms with Gasteiger partial charge in [0.05, 0.1) is 42.0 Å². The number of anilines is 2. The van der Waals surface area contributed by atoms with E-state index in [1.54, 1.807) is 18.3 Å². The summed E-state index contributed by atoms with van der Waals surface area (Å²) >= 11 is 0. The van der Waals surface area contributed by atoms with Gasteiger partial charge in [-0.15, -0.1) is 0 Å². The molecule has 0 bridgehead atoms. The molecule has 0 radical (unpaired) electrons. The van der Waals surface area contributed by atoms with E-state index in [-0.39, 0.29) is 28.9 Å². The maximum Gasteiger partial charge on any atom is 0.394 e. The zero-order valence-corrected chi connectivity index (χ0v) is 23.8. The Labute approximate surface area is 232 Å². The molecule has 3 aromatic rings. The lowest BCUT2D eigenvalue weighted by molar-refractivity contribution is -0.128. The second-order valence-corrected chi connectivity index (χ2v) is 12.2. The van der Waals surface area contributed by atoms with Crippen molar-refractivity contribution in [3.8, 4) is 17.6 Å². The SMILES string of the molecule is COc1cc(S(C)(=O)=O)ccc1NCC#Cc1nc2c(NC3CCN(C(C)C)CC3)cccn2c1CC(F)(F)F. The molecule has 1 fully saturated rings. The summed E-state index contributed by atoms with van der Waals surface area (Å²) < 4.78 is 71.0. The number of likely N-dealkylation sites (tertiary alicyclic amines) is 1. The molecule has 1 aliphatic rings. The largest absolute Gasteiger partial charge is 0.495 e. The Bertz CT molecular complexity index is 1520. The first-order chi connectivity index (χ1) is 18.9. The van der Waals surface area contributed by atoms with Gasteiger partial charge in [-0.1, -0.05) is 5.92 Å². The second kappa shape index (κ2) is 12.0. The van der Waals surface area contributed by atoms with Crippen molar-refractivity contribution in [2.75, 3.05) is 43.6 Å². The van der Waals surface area contributed by atoms with E-state index in [4.69, 9.17) is 4.74 Å². The molecular weight excluding hydrogens is 543 g/mol. The Hall–Kier alpha value is -3.43. The fourth-order valence-corrected chi connectivity index (χ4v) is 5.42. The summed E-state index contributed by atoms with van der Waals surface area (Å²) in [7, 11) is -2.00. The molecule has 2 aromatic heterocycles. The van der Waals surface area contributed by atoms with E-state index in [0.717, 1.165) is 32.2 Å². The van der Waals surface area contributed by atoms with Crippen molar-refractivity contribution in [2.24, 2.45) is 0 Å². The van der Waals surface area contributed by atoms with Crippen LogP contribution in [0.15, 0.2) is 41.4 Å². The van der Waals surface area contributed by atoms with Crippen LogP contribution in [0.2, 0.25) is 0 Å². The first-order valence-electron chi connectivity index (χ1n) is 13.0. The van der Waals surface area contributed by atoms with Gasteiger partial charge in [-0.3, -0.25) is 0 Å². The maximum absolute atomic E-state index is 13.5. The molecule has 2 N–H and O–H groups in total. The number of piperidine rings is 1. The van der Waals surface area contributed by atoms with Crippen molar-refractivity contribution < 1.29 is 26.3 Å². The van der Waals surface area contributed by atoms with E-state index in [2.05, 4.69) is 46.2 Å². The highest BCUT2D eigenvalue weighted by atomic mass is 32.2. The van der Waals surface area contributed by atoms with Crippen molar-refractivity contribution in [3.63, 3.8) is 0 Å². The minimum absolute atomic E-state index is 0.0247. The number of hydrogen-bond acceptors (Lipinski definition) is 7. The number of imidazole rings is 1. The Morgan fingerprint density at radius 2 is 1.90 bits per heavy atom. The quantitative estimate of drug-likeness (QED) is 0.379. The number of hydrogen-bond donors (Lipinski definition) is 2. The zero-order chi connectivity index (χ0) is 29.1. The molecule has 0 unspecified atom stereocenters. The summed E-state index contributed by atoms with van der Waals surface area (Å²) in [5.41, 5.74) is 1.62. The summed E-state index contributed by atoms with van der Waals surface area (Å²) in [4.78, 5) is 7.04. The number of rotatable bonds is 8. The fourth-order valence-electron chi connectivity index (χ4n) is 4.78. The number of alkyl halides is 3. The van der Waals surface area contributed by atoms with Crippen LogP contribution >= 0.6 is 0 Å². The van der Waals surface area contributed by atoms with Crippen LogP contribution < -0.4 is 15.4 Å². The first kappa shape index (κ1) is 29.6. The molecule has 8 nitrogen and oxygen atoms in total. The molecule has 12 heteroatoms. The highest BCUT2D eigenvalue weighted by molar-refractivity contribution is 7.90. The van der Waals surface area contributed by atoms with Crippen LogP contribution in [-0.4, -0.2) is 74.0 Å². The Morgan fingerprint density at radius 3 is 2.52 bits per heavy atom. The predicted molar refractivity (Wildman–Crippen MR) is 150 cm³/mol. The summed E-state index contributed by atoms with van der Waals surface area (Å²) in [6.07, 6.45) is -1.06. The number of benzene rings is 1. The lowest BCUT2D eigenvalue weighted by Gasteiger charge is -2.35. The number of methoxy groups -OCH3 is 1. The van der Waals surface area contributed by atoms with Crippen molar-refractivity contribution in [1.82, 2.24) is 14.3 Å². The number of aromatic nitrogens is 2. The highest BCUT2D eigenvalue weighted by Gasteiger charge is 2.32. The third kappa shape index (κ3) is 7.20. The highest BCUT2D eigenvalue weighted by Crippen LogP contribution is 2.29. The second-order valence-electron chi connectivity index (χ2n) is 10.2. The van der Waals surface area contributed by atoms with Crippen molar-refractivity contribution in [1.29, 1.82) is 0 Å². The van der Waals surface area contributed by atoms with Crippen LogP contribution in [0.1, 0.15) is 38.1 Å². The molecule has 40 heavy (non-hydrogen) atoms. The number of nitrogens with one attached hydrogen (secondary N) is 2. The number of sulfone groups is 1. The minimum Gasteiger partial charge on any atom is -0.495 e. The van der Waals surface area contributed by atoms with Gasteiger partial charge in [-0.05, 0) is 56.9 Å². The van der Waals surface area contributed by atoms with E-state index >= 15 is 0 Å². The van der Waals surface area contributed by atoms with Gasteiger partial charge >= 0.3 is 6.18 Å². The standard InChI is InChI=1S/C28H34F3N5O3S/c1-19(2)35-15-11-20(12-16-35)33-24-8-6-14-36-25(18-28(29,30)31)22(34-27(24)36)7-5-13-32-23-10-9-21(40(4,37)38)17-26(23)39-3/h6,8-10,14,17,19-20,32-33H,11-13,15-16,18H2,1-4H3. The third-order valence-corrected chi connectivity index (χ3v) is 8.02. The van der Waals surface area contributed by atoms with Crippen LogP contribution in [-0.2, 0) is 16.3 Å². The molecule has 216 valence electrons. The molecule has 1 aromatic carbocycles. The Balaban J connectivity index is 1.57. The smallest absolute Gasteiger partial charge is 0.394 e. The summed E-state index contributed by atoms with van der Waals surface area (Å²) in [5, 5.41) is 6.52. The number of fused-ring (bicyclic) bond motifs is 1. The number of nitrogens with zero attached hydrogens (tertiary/aromatic N) is 3. The normalized spacial score (nSPS) is 15.2. The average molecular weight is 578 g/mol. The fraction of sp³-hybridized carbons (Fsp3) is 0.464. The average Bonchev–Trinajstić information content (AvgIpc) is 3.23. The molecule has 0 aliphatic carbocycles. The van der Waals surface area contributed by atoms with Crippen molar-refractivity contribution in [2.45, 2.75) is 56.3 Å². The molecule has 3 heterocycles. The van der Waals surface area contributed by atoms with Crippen molar-refractivity contribution >= 4 is 26.9 Å². The van der Waals surface area contributed by atoms with Gasteiger partial charge in [0.1, 0.15) is 11.4 Å². The molecule has 0 atom stereocenters. The molecule has 0 spiro atoms. The molecule has 1 saturated heterocycles. The number of ether oxygens (including phenoxy) is 1. The van der Waals surface area contributed by atoms with Gasteiger partial charge in [0.15, 0.2) is 15.5 Å². The summed E-state index contributed by atoms with van der Waals surface area (Å²) in [6.45, 7) is 6.33. The van der Waals surface area contributed by atoms with Crippen molar-refractivity contribution in [3.05, 3.63) is 47.9 Å². The molecular formula is C28H34F3N5O3S. The topological polar surface area (TPSA) is 88.0 Å². The summed E-state index contributed by atoms with van der Waals surface area (Å²) in [5.74, 6) is 5.96. The monoisotopic (exact) mass is 577 g/mol. The Kier molecular flexibility index (Phi) is 8.85. The lowest BCUT2D eigenvalue weighted by atomic mass is 10.0. The maximum atomic E-state index is 13.5. The van der Waals surface area contributed by atoms with E-state index < -0.39 is 22.4 Å². The van der Waals surface area contributed by atoms with Gasteiger partial charge < -0.3 is 24.7 Å². The van der Waals surface area contributed by atoms with E-state index in [1.165, 1.54) is 23.6 Å². The van der Waals surface area contributed by atoms with Gasteiger partial charge in [0.25, 0.3) is 0 Å². The van der Waals surface area contributed by atoms with Gasteiger partial charge in [0.2, 0.25) is 0 Å². The molecule has 1 aliphatic heterocycles. The van der Waals surface area contributed by atoms with E-state index in [9.17, 15) is 21.6 Å². The number of halogens is 3. The minimum atomic E-state index is -4.44. The molecule has 4 rings (SSSR count). The molecule has 0 saturated carbocycles. The predicted octanol–water partition coefficient (Wildman–Crippen LogP) is 4.60. The van der Waals surface area contributed by atoms with Crippen LogP contribution in [0, 0.1) is 11.8 Å². The van der Waals surface area contributed by atoms with Crippen LogP contribution in [0.25, 0.3) is 5.65 Å². The summed E-state index contributed by atoms with van der Waals surface area (Å²) in [6, 6.07) is 8.62. The van der Waals surface area contributed by atoms with E-state index in [0.29, 0.717) is 28.8 Å². The van der Waals surface area contributed by atoms with Crippen LogP contribution in [0.3, 0.4) is 0 Å². The zero-order valence-electron chi connectivity index (χ0n) is 23.0. The van der Waals surface area contributed by atoms with E-state index in [1.807, 2.05) is 6.07 Å². The number of pyridine rings is 1. The van der Waals surface area contributed by atoms with Gasteiger partial charge in [-0.25, -0.2) is 13.4 Å².